The van der Waals surface area contributed by atoms with Crippen LogP contribution in [0.5, 0.6) is 0 Å². The average molecular weight is 1780 g/mol. The zero-order valence-corrected chi connectivity index (χ0v) is 74.6. The van der Waals surface area contributed by atoms with Crippen LogP contribution in [0, 0.1) is 0 Å². The first-order valence-electron chi connectivity index (χ1n) is 43.2. The number of aromatic nitrogens is 8. The molecule has 2 fully saturated rings. The first kappa shape index (κ1) is 86.4. The predicted octanol–water partition coefficient (Wildman–Crippen LogP) is 24.0. The molecule has 0 bridgehead atoms. The lowest BCUT2D eigenvalue weighted by atomic mass is 9.78. The summed E-state index contributed by atoms with van der Waals surface area (Å²) in [5, 5.41) is 13.6. The van der Waals surface area contributed by atoms with Crippen molar-refractivity contribution in [2.24, 2.45) is 0 Å². The Bertz CT molecular complexity index is 5880. The molecular formula is C103H99Cl6N15O. The van der Waals surface area contributed by atoms with Crippen LogP contribution in [0.4, 0.5) is 35.2 Å². The molecule has 125 heavy (non-hydrogen) atoms. The standard InChI is InChI=1S/C31H30Cl2N4.C30H28Cl2N4O.C24H26Cl2N4.C18H15N3/c32-28-13-10-22(19-29(28)33)27-18-23-20-34-31(36-30(23)26-7-3-2-6-25(26)27)35-24-11-8-21(9-12-24)14-17-37-15-4-1-5-16-37;31-27-10-7-21(18-28(27)32)26-17-22-19-33-30(35-29(22)25-4-2-1-3-24(25)26)34-23-8-5-20(6-9-23)11-12-36-13-15-37-16-14-36;1-30(2)12-6-5-11-27-24-28-15-17-13-20(16-9-10-21(25)22(26)14-16)18-7-3-4-8-19(18)23(17)29-24;19-18-20-11-13-10-16(12-6-2-1-3-7-12)14-8-4-5-9-15(14)17(13)21-18/h2-3,6-13,19-20,27H,1,4-5,14-18H2,(H,34,35,36);1-10,18-19,26H,11-17H2,(H,33,34,35);3-4,7-10,14-15,20H,5-6,11-13H2,1-2H3,(H,27,28,29);1-9,11,16H,10H2,(H2,19,20,21)/t27-;26-;;16-/m11.1/s1. The molecule has 22 heteroatoms. The lowest BCUT2D eigenvalue weighted by Crippen LogP contribution is -2.37. The molecule has 20 rings (SSSR count). The molecule has 16 nitrogen and oxygen atoms in total. The second kappa shape index (κ2) is 40.7. The van der Waals surface area contributed by atoms with Gasteiger partial charge in [-0.05, 0) is 236 Å². The van der Waals surface area contributed by atoms with Gasteiger partial charge in [-0.2, -0.15) is 0 Å². The third-order valence-corrected chi connectivity index (χ3v) is 26.7. The van der Waals surface area contributed by atoms with Crippen LogP contribution in [0.15, 0.2) is 255 Å². The van der Waals surface area contributed by atoms with Gasteiger partial charge in [0.25, 0.3) is 0 Å². The lowest BCUT2D eigenvalue weighted by molar-refractivity contribution is 0.0384. The van der Waals surface area contributed by atoms with E-state index >= 15 is 0 Å². The summed E-state index contributed by atoms with van der Waals surface area (Å²) in [7, 11) is 4.20. The van der Waals surface area contributed by atoms with Crippen molar-refractivity contribution >= 4 is 105 Å². The van der Waals surface area contributed by atoms with Crippen LogP contribution in [0.3, 0.4) is 0 Å². The number of hydrogen-bond acceptors (Lipinski definition) is 16. The maximum Gasteiger partial charge on any atom is 0.227 e. The van der Waals surface area contributed by atoms with E-state index in [1.807, 2.05) is 67.3 Å². The van der Waals surface area contributed by atoms with Gasteiger partial charge in [0.1, 0.15) is 0 Å². The van der Waals surface area contributed by atoms with Gasteiger partial charge in [-0.1, -0.05) is 246 Å². The fourth-order valence-corrected chi connectivity index (χ4v) is 18.8. The highest BCUT2D eigenvalue weighted by molar-refractivity contribution is 6.43. The minimum absolute atomic E-state index is 0.172. The van der Waals surface area contributed by atoms with E-state index in [4.69, 9.17) is 95.0 Å². The number of hydrogen-bond donors (Lipinski definition) is 4. The van der Waals surface area contributed by atoms with Gasteiger partial charge in [-0.25, -0.2) is 39.9 Å². The quantitative estimate of drug-likeness (QED) is 0.0528. The summed E-state index contributed by atoms with van der Waals surface area (Å²) in [5.41, 5.74) is 33.4. The number of benzene rings is 10. The van der Waals surface area contributed by atoms with Crippen molar-refractivity contribution in [3.63, 3.8) is 0 Å². The van der Waals surface area contributed by atoms with Crippen molar-refractivity contribution in [2.75, 3.05) is 101 Å². The molecule has 14 aromatic rings. The van der Waals surface area contributed by atoms with E-state index in [9.17, 15) is 0 Å². The predicted molar refractivity (Wildman–Crippen MR) is 513 cm³/mol. The van der Waals surface area contributed by atoms with E-state index < -0.39 is 0 Å². The van der Waals surface area contributed by atoms with Crippen LogP contribution in [0.1, 0.15) is 134 Å². The molecule has 4 aromatic heterocycles. The maximum atomic E-state index is 6.35. The normalized spacial score (nSPS) is 16.5. The Morgan fingerprint density at radius 1 is 0.376 bits per heavy atom. The molecule has 634 valence electrons. The molecule has 2 saturated heterocycles. The highest BCUT2D eigenvalue weighted by atomic mass is 35.5. The molecule has 0 radical (unpaired) electrons. The first-order chi connectivity index (χ1) is 61.1. The largest absolute Gasteiger partial charge is 0.379 e. The van der Waals surface area contributed by atoms with Crippen molar-refractivity contribution < 1.29 is 4.74 Å². The van der Waals surface area contributed by atoms with Crippen molar-refractivity contribution in [2.45, 2.75) is 94.3 Å². The number of ether oxygens (including phenoxy) is 1. The van der Waals surface area contributed by atoms with E-state index in [0.717, 1.165) is 194 Å². The van der Waals surface area contributed by atoms with Crippen LogP contribution in [0.2, 0.25) is 30.1 Å². The minimum Gasteiger partial charge on any atom is -0.379 e. The molecule has 0 saturated carbocycles. The third-order valence-electron chi connectivity index (χ3n) is 24.5. The number of likely N-dealkylation sites (tertiary alicyclic amines) is 1. The summed E-state index contributed by atoms with van der Waals surface area (Å²) in [6, 6.07) is 79.4. The van der Waals surface area contributed by atoms with Gasteiger partial charge >= 0.3 is 0 Å². The molecule has 6 aliphatic rings. The molecule has 2 aliphatic heterocycles. The van der Waals surface area contributed by atoms with Crippen LogP contribution < -0.4 is 21.7 Å². The van der Waals surface area contributed by atoms with E-state index in [0.29, 0.717) is 59.8 Å². The number of anilines is 6. The topological polar surface area (TPSA) is 184 Å². The molecule has 4 atom stereocenters. The second-order valence-corrected chi connectivity index (χ2v) is 35.5. The second-order valence-electron chi connectivity index (χ2n) is 33.0. The number of nitrogens with zero attached hydrogens (tertiary/aromatic N) is 11. The van der Waals surface area contributed by atoms with Gasteiger partial charge in [0, 0.05) is 115 Å². The fraction of sp³-hybridized carbons (Fsp3) is 0.262. The Morgan fingerprint density at radius 2 is 0.744 bits per heavy atom. The van der Waals surface area contributed by atoms with E-state index in [1.54, 1.807) is 0 Å². The van der Waals surface area contributed by atoms with Crippen molar-refractivity contribution in [1.82, 2.24) is 54.6 Å². The smallest absolute Gasteiger partial charge is 0.227 e. The number of nitrogen functional groups attached to an aromatic ring is 1. The van der Waals surface area contributed by atoms with Crippen LogP contribution in [-0.4, -0.2) is 134 Å². The number of halogens is 6. The highest BCUT2D eigenvalue weighted by Crippen LogP contribution is 2.48. The Morgan fingerprint density at radius 3 is 1.16 bits per heavy atom. The average Bonchev–Trinajstić information content (AvgIpc) is 0.774. The molecule has 6 heterocycles. The van der Waals surface area contributed by atoms with Gasteiger partial charge in [0.05, 0.1) is 66.1 Å². The lowest BCUT2D eigenvalue weighted by Gasteiger charge is -2.27. The monoisotopic (exact) mass is 1770 g/mol. The van der Waals surface area contributed by atoms with Gasteiger partial charge < -0.3 is 36.2 Å². The molecule has 10 aromatic carbocycles. The molecule has 1 unspecified atom stereocenters. The van der Waals surface area contributed by atoms with Gasteiger partial charge in [0.15, 0.2) is 0 Å². The fourth-order valence-electron chi connectivity index (χ4n) is 17.9. The SMILES string of the molecule is CN(C)CCCCNc1ncc2c(n1)-c1ccccc1C(c1ccc(Cl)c(Cl)c1)C2.Clc1ccc([C@H]2Cc3cnc(Nc4ccc(CCN5CCCCC5)cc4)nc3-c3ccccc32)cc1Cl.Clc1ccc([C@H]2Cc3cnc(Nc4ccc(CCN5CCOCC5)cc4)nc3-c3ccccc32)cc1Cl.Nc1ncc2c(n1)-c1ccccc1[C@@H](c1ccccc1)C2. The van der Waals surface area contributed by atoms with Gasteiger partial charge in [0.2, 0.25) is 23.8 Å². The van der Waals surface area contributed by atoms with Crippen molar-refractivity contribution in [1.29, 1.82) is 0 Å². The number of rotatable bonds is 20. The van der Waals surface area contributed by atoms with Crippen LogP contribution in [-0.2, 0) is 43.3 Å². The number of nitrogens with one attached hydrogen (secondary N) is 3. The molecular weight excluding hydrogens is 1680 g/mol. The maximum absolute atomic E-state index is 6.35. The van der Waals surface area contributed by atoms with Gasteiger partial charge in [-0.15, -0.1) is 0 Å². The number of piperidine rings is 1. The summed E-state index contributed by atoms with van der Waals surface area (Å²) < 4.78 is 5.44. The summed E-state index contributed by atoms with van der Waals surface area (Å²) in [6.45, 7) is 10.4. The number of unbranched alkanes of at least 4 members (excludes halogenated alkanes) is 1. The summed E-state index contributed by atoms with van der Waals surface area (Å²) in [6.07, 6.45) is 19.5. The Kier molecular flexibility index (Phi) is 28.2. The molecule has 0 spiro atoms. The van der Waals surface area contributed by atoms with Crippen LogP contribution in [0.25, 0.3) is 45.0 Å². The zero-order chi connectivity index (χ0) is 85.7. The first-order valence-corrected chi connectivity index (χ1v) is 45.5. The highest BCUT2D eigenvalue weighted by Gasteiger charge is 2.33. The van der Waals surface area contributed by atoms with Crippen LogP contribution >= 0.6 is 69.6 Å². The zero-order valence-electron chi connectivity index (χ0n) is 70.1. The van der Waals surface area contributed by atoms with E-state index in [2.05, 4.69) is 258 Å². The summed E-state index contributed by atoms with van der Waals surface area (Å²) in [4.78, 5) is 44.5. The number of morpholine rings is 1. The summed E-state index contributed by atoms with van der Waals surface area (Å²) >= 11 is 37.5. The van der Waals surface area contributed by atoms with E-state index in [1.165, 1.54) is 76.9 Å². The van der Waals surface area contributed by atoms with Crippen molar-refractivity contribution in [3.05, 3.63) is 363 Å². The van der Waals surface area contributed by atoms with Gasteiger partial charge in [-0.3, -0.25) is 4.90 Å². The number of nitrogens with two attached hydrogens (primary N) is 1. The number of fused-ring (bicyclic) bond motifs is 12. The Hall–Kier alpha value is -10.7. The molecule has 5 N–H and O–H groups in total. The Balaban J connectivity index is 0.000000120. The molecule has 0 amide bonds. The molecule has 4 aliphatic carbocycles. The van der Waals surface area contributed by atoms with Crippen molar-refractivity contribution in [3.8, 4) is 45.0 Å². The van der Waals surface area contributed by atoms with E-state index in [-0.39, 0.29) is 17.8 Å². The Labute approximate surface area is 762 Å². The minimum atomic E-state index is 0.172. The summed E-state index contributed by atoms with van der Waals surface area (Å²) in [5.74, 6) is 3.15. The third kappa shape index (κ3) is 21.0.